The number of ether oxygens (including phenoxy) is 1. The van der Waals surface area contributed by atoms with Crippen molar-refractivity contribution in [3.63, 3.8) is 0 Å². The lowest BCUT2D eigenvalue weighted by atomic mass is 10.2. The van der Waals surface area contributed by atoms with Gasteiger partial charge < -0.3 is 10.1 Å². The summed E-state index contributed by atoms with van der Waals surface area (Å²) in [6.45, 7) is 2.93. The van der Waals surface area contributed by atoms with Gasteiger partial charge in [0.05, 0.1) is 17.9 Å². The van der Waals surface area contributed by atoms with Gasteiger partial charge in [-0.1, -0.05) is 0 Å². The lowest BCUT2D eigenvalue weighted by molar-refractivity contribution is 0.0637. The summed E-state index contributed by atoms with van der Waals surface area (Å²) in [7, 11) is 0. The topological polar surface area (TPSA) is 52.0 Å². The molecule has 100 valence electrons. The summed E-state index contributed by atoms with van der Waals surface area (Å²) in [6.07, 6.45) is 8.35. The molecule has 1 aliphatic heterocycles. The molecule has 2 aromatic heterocycles. The molecule has 0 saturated carbocycles. The van der Waals surface area contributed by atoms with Gasteiger partial charge in [-0.05, 0) is 38.0 Å². The Morgan fingerprint density at radius 1 is 1.37 bits per heavy atom. The minimum atomic E-state index is 0.292. The first kappa shape index (κ1) is 12.2. The molecule has 0 aromatic carbocycles. The first-order chi connectivity index (χ1) is 9.33. The van der Waals surface area contributed by atoms with Crippen LogP contribution in [0.1, 0.15) is 19.8 Å². The zero-order valence-electron chi connectivity index (χ0n) is 11.0. The second-order valence-electron chi connectivity index (χ2n) is 4.85. The van der Waals surface area contributed by atoms with Crippen molar-refractivity contribution in [3.05, 3.63) is 36.8 Å². The third-order valence-corrected chi connectivity index (χ3v) is 3.35. The molecule has 3 heterocycles. The van der Waals surface area contributed by atoms with E-state index in [2.05, 4.69) is 22.3 Å². The van der Waals surface area contributed by atoms with Crippen LogP contribution in [0.3, 0.4) is 0 Å². The van der Waals surface area contributed by atoms with Crippen molar-refractivity contribution < 1.29 is 4.74 Å². The van der Waals surface area contributed by atoms with E-state index in [9.17, 15) is 0 Å². The average molecular weight is 258 g/mol. The maximum absolute atomic E-state index is 5.81. The van der Waals surface area contributed by atoms with Gasteiger partial charge in [0.2, 0.25) is 0 Å². The van der Waals surface area contributed by atoms with E-state index >= 15 is 0 Å². The van der Waals surface area contributed by atoms with Gasteiger partial charge in [0.25, 0.3) is 0 Å². The van der Waals surface area contributed by atoms with Crippen molar-refractivity contribution in [1.82, 2.24) is 14.8 Å². The highest BCUT2D eigenvalue weighted by molar-refractivity contribution is 5.56. The van der Waals surface area contributed by atoms with Crippen LogP contribution in [0.2, 0.25) is 0 Å². The molecule has 1 fully saturated rings. The highest BCUT2D eigenvalue weighted by Crippen LogP contribution is 2.21. The number of aromatic nitrogens is 3. The predicted molar refractivity (Wildman–Crippen MR) is 73.4 cm³/mol. The zero-order chi connectivity index (χ0) is 13.1. The normalized spacial score (nSPS) is 22.6. The summed E-state index contributed by atoms with van der Waals surface area (Å²) < 4.78 is 7.57. The second kappa shape index (κ2) is 5.40. The molecule has 19 heavy (non-hydrogen) atoms. The molecule has 2 unspecified atom stereocenters. The van der Waals surface area contributed by atoms with Crippen LogP contribution in [0.5, 0.6) is 0 Å². The molecular weight excluding hydrogens is 240 g/mol. The van der Waals surface area contributed by atoms with E-state index in [1.807, 2.05) is 24.4 Å². The minimum absolute atomic E-state index is 0.292. The van der Waals surface area contributed by atoms with Gasteiger partial charge in [0.1, 0.15) is 0 Å². The second-order valence-corrected chi connectivity index (χ2v) is 4.85. The first-order valence-electron chi connectivity index (χ1n) is 6.67. The van der Waals surface area contributed by atoms with E-state index in [1.54, 1.807) is 17.1 Å². The predicted octanol–water partition coefficient (Wildman–Crippen LogP) is 2.25. The lowest BCUT2D eigenvalue weighted by Gasteiger charge is -2.15. The van der Waals surface area contributed by atoms with Crippen LogP contribution in [0.25, 0.3) is 5.82 Å². The van der Waals surface area contributed by atoms with E-state index in [1.165, 1.54) is 0 Å². The fourth-order valence-electron chi connectivity index (χ4n) is 2.37. The molecule has 2 aromatic rings. The van der Waals surface area contributed by atoms with Crippen LogP contribution < -0.4 is 5.32 Å². The Labute approximate surface area is 112 Å². The largest absolute Gasteiger partial charge is 0.379 e. The third kappa shape index (κ3) is 2.76. The number of hydrogen-bond donors (Lipinski definition) is 1. The molecule has 0 radical (unpaired) electrons. The van der Waals surface area contributed by atoms with E-state index in [4.69, 9.17) is 4.74 Å². The highest BCUT2D eigenvalue weighted by Gasteiger charge is 2.21. The summed E-state index contributed by atoms with van der Waals surface area (Å²) in [5, 5.41) is 7.64. The smallest absolute Gasteiger partial charge is 0.176 e. The zero-order valence-corrected chi connectivity index (χ0v) is 11.0. The van der Waals surface area contributed by atoms with Crippen LogP contribution in [-0.2, 0) is 4.74 Å². The number of nitrogens with zero attached hydrogens (tertiary/aromatic N) is 3. The van der Waals surface area contributed by atoms with Crippen LogP contribution >= 0.6 is 0 Å². The fraction of sp³-hybridized carbons (Fsp3) is 0.429. The van der Waals surface area contributed by atoms with Crippen molar-refractivity contribution >= 4 is 5.69 Å². The number of rotatable bonds is 4. The molecule has 5 heteroatoms. The lowest BCUT2D eigenvalue weighted by Crippen LogP contribution is -2.20. The van der Waals surface area contributed by atoms with Gasteiger partial charge >= 0.3 is 0 Å². The van der Waals surface area contributed by atoms with Crippen molar-refractivity contribution in [1.29, 1.82) is 0 Å². The van der Waals surface area contributed by atoms with E-state index in [0.717, 1.165) is 30.9 Å². The Kier molecular flexibility index (Phi) is 3.46. The molecule has 1 aliphatic rings. The molecule has 5 nitrogen and oxygen atoms in total. The molecule has 1 N–H and O–H groups in total. The number of nitrogens with one attached hydrogen (secondary N) is 1. The molecule has 0 bridgehead atoms. The summed E-state index contributed by atoms with van der Waals surface area (Å²) in [6, 6.07) is 5.83. The minimum Gasteiger partial charge on any atom is -0.379 e. The molecule has 0 amide bonds. The Morgan fingerprint density at radius 3 is 3.05 bits per heavy atom. The Balaban J connectivity index is 1.71. The Bertz CT molecular complexity index is 526. The van der Waals surface area contributed by atoms with Crippen LogP contribution in [0.4, 0.5) is 5.69 Å². The molecule has 2 atom stereocenters. The highest BCUT2D eigenvalue weighted by atomic mass is 16.5. The molecule has 1 saturated heterocycles. The molecular formula is C14H18N4O. The Morgan fingerprint density at radius 2 is 2.32 bits per heavy atom. The monoisotopic (exact) mass is 258 g/mol. The molecule has 0 aliphatic carbocycles. The van der Waals surface area contributed by atoms with Gasteiger partial charge in [-0.3, -0.25) is 0 Å². The van der Waals surface area contributed by atoms with E-state index < -0.39 is 0 Å². The van der Waals surface area contributed by atoms with Gasteiger partial charge in [-0.15, -0.1) is 0 Å². The van der Waals surface area contributed by atoms with Gasteiger partial charge in [0, 0.05) is 25.1 Å². The van der Waals surface area contributed by atoms with Crippen LogP contribution in [0, 0.1) is 0 Å². The fourth-order valence-corrected chi connectivity index (χ4v) is 2.37. The average Bonchev–Trinajstić information content (AvgIpc) is 3.08. The van der Waals surface area contributed by atoms with Crippen molar-refractivity contribution in [2.24, 2.45) is 0 Å². The Hall–Kier alpha value is -1.88. The van der Waals surface area contributed by atoms with Crippen LogP contribution in [0.15, 0.2) is 36.8 Å². The number of hydrogen-bond acceptors (Lipinski definition) is 4. The standard InChI is InChI=1S/C14H18N4O/c1-11-5-6-12(19-11)10-16-13-4-2-7-15-14(13)18-9-3-8-17-18/h2-4,7-9,11-12,16H,5-6,10H2,1H3. The summed E-state index contributed by atoms with van der Waals surface area (Å²) in [5.74, 6) is 0.818. The summed E-state index contributed by atoms with van der Waals surface area (Å²) in [4.78, 5) is 4.38. The van der Waals surface area contributed by atoms with E-state index in [-0.39, 0.29) is 0 Å². The SMILES string of the molecule is CC1CCC(CNc2cccnc2-n2cccn2)O1. The third-order valence-electron chi connectivity index (χ3n) is 3.35. The van der Waals surface area contributed by atoms with Gasteiger partial charge in [0.15, 0.2) is 5.82 Å². The maximum Gasteiger partial charge on any atom is 0.176 e. The van der Waals surface area contributed by atoms with Gasteiger partial charge in [-0.25, -0.2) is 9.67 Å². The quantitative estimate of drug-likeness (QED) is 0.913. The van der Waals surface area contributed by atoms with E-state index in [0.29, 0.717) is 12.2 Å². The first-order valence-corrected chi connectivity index (χ1v) is 6.67. The van der Waals surface area contributed by atoms with Crippen molar-refractivity contribution in [3.8, 4) is 5.82 Å². The van der Waals surface area contributed by atoms with Crippen molar-refractivity contribution in [2.45, 2.75) is 32.0 Å². The van der Waals surface area contributed by atoms with Gasteiger partial charge in [-0.2, -0.15) is 5.10 Å². The summed E-state index contributed by atoms with van der Waals surface area (Å²) in [5.41, 5.74) is 0.981. The maximum atomic E-state index is 5.81. The summed E-state index contributed by atoms with van der Waals surface area (Å²) >= 11 is 0. The number of pyridine rings is 1. The van der Waals surface area contributed by atoms with Crippen LogP contribution in [-0.4, -0.2) is 33.5 Å². The number of anilines is 1. The molecule has 0 spiro atoms. The molecule has 3 rings (SSSR count). The van der Waals surface area contributed by atoms with Crippen molar-refractivity contribution in [2.75, 3.05) is 11.9 Å².